The minimum absolute atomic E-state index is 0.122. The summed E-state index contributed by atoms with van der Waals surface area (Å²) in [5.41, 5.74) is 3.72. The molecule has 3 rings (SSSR count). The highest BCUT2D eigenvalue weighted by atomic mass is 16.6. The molecule has 27 heavy (non-hydrogen) atoms. The number of hydrogen-bond acceptors (Lipinski definition) is 4. The van der Waals surface area contributed by atoms with Gasteiger partial charge >= 0.3 is 0 Å². The van der Waals surface area contributed by atoms with E-state index < -0.39 is 10.8 Å². The molecule has 0 aromatic heterocycles. The first-order valence-corrected chi connectivity index (χ1v) is 8.89. The number of hydrogen-bond donors (Lipinski definition) is 2. The van der Waals surface area contributed by atoms with Crippen molar-refractivity contribution < 1.29 is 14.5 Å². The van der Waals surface area contributed by atoms with Crippen LogP contribution in [0.2, 0.25) is 0 Å². The lowest BCUT2D eigenvalue weighted by Crippen LogP contribution is -2.33. The molecule has 7 nitrogen and oxygen atoms in total. The van der Waals surface area contributed by atoms with E-state index in [0.29, 0.717) is 5.56 Å². The van der Waals surface area contributed by atoms with Crippen LogP contribution in [0.1, 0.15) is 39.9 Å². The summed E-state index contributed by atoms with van der Waals surface area (Å²) in [6.45, 7) is 1.40. The maximum absolute atomic E-state index is 12.2. The quantitative estimate of drug-likeness (QED) is 0.626. The van der Waals surface area contributed by atoms with E-state index in [1.807, 2.05) is 12.1 Å². The summed E-state index contributed by atoms with van der Waals surface area (Å²) in [6.07, 6.45) is 4.21. The van der Waals surface area contributed by atoms with Gasteiger partial charge in [0.25, 0.3) is 11.6 Å². The molecule has 2 N–H and O–H groups in total. The smallest absolute Gasteiger partial charge is 0.273 e. The van der Waals surface area contributed by atoms with E-state index in [2.05, 4.69) is 16.7 Å². The summed E-state index contributed by atoms with van der Waals surface area (Å²) in [5.74, 6) is -0.854. The number of fused-ring (bicyclic) bond motifs is 1. The number of anilines is 1. The molecule has 1 aliphatic carbocycles. The first-order chi connectivity index (χ1) is 13.0. The van der Waals surface area contributed by atoms with Crippen LogP contribution < -0.4 is 10.6 Å². The van der Waals surface area contributed by atoms with Crippen molar-refractivity contribution in [3.05, 3.63) is 68.8 Å². The number of nitro groups is 1. The van der Waals surface area contributed by atoms with Gasteiger partial charge in [-0.1, -0.05) is 18.2 Å². The van der Waals surface area contributed by atoms with E-state index in [9.17, 15) is 19.7 Å². The van der Waals surface area contributed by atoms with Crippen molar-refractivity contribution >= 4 is 23.2 Å². The maximum atomic E-state index is 12.2. The Balaban J connectivity index is 1.62. The first-order valence-electron chi connectivity index (χ1n) is 8.89. The first kappa shape index (κ1) is 18.6. The Morgan fingerprint density at radius 3 is 2.70 bits per heavy atom. The van der Waals surface area contributed by atoms with Gasteiger partial charge in [-0.15, -0.1) is 0 Å². The highest BCUT2D eigenvalue weighted by molar-refractivity contribution is 6.00. The van der Waals surface area contributed by atoms with E-state index in [1.54, 1.807) is 6.92 Å². The third kappa shape index (κ3) is 4.31. The van der Waals surface area contributed by atoms with Crippen molar-refractivity contribution in [1.82, 2.24) is 5.32 Å². The molecule has 2 aromatic rings. The van der Waals surface area contributed by atoms with Crippen LogP contribution in [0.15, 0.2) is 36.4 Å². The Hall–Kier alpha value is -3.22. The van der Waals surface area contributed by atoms with Crippen LogP contribution in [0.4, 0.5) is 11.4 Å². The summed E-state index contributed by atoms with van der Waals surface area (Å²) in [4.78, 5) is 34.9. The molecule has 2 amide bonds. The third-order valence-corrected chi connectivity index (χ3v) is 4.75. The molecule has 0 fully saturated rings. The Morgan fingerprint density at radius 1 is 1.15 bits per heavy atom. The van der Waals surface area contributed by atoms with Gasteiger partial charge in [-0.2, -0.15) is 0 Å². The number of rotatable bonds is 5. The number of nitro benzene ring substituents is 1. The minimum Gasteiger partial charge on any atom is -0.343 e. The lowest BCUT2D eigenvalue weighted by Gasteiger charge is -2.19. The molecule has 1 aliphatic rings. The van der Waals surface area contributed by atoms with Gasteiger partial charge in [0.15, 0.2) is 0 Å². The van der Waals surface area contributed by atoms with Crippen LogP contribution in [-0.2, 0) is 17.6 Å². The number of nitrogens with one attached hydrogen (secondary N) is 2. The van der Waals surface area contributed by atoms with Gasteiger partial charge in [0.2, 0.25) is 5.91 Å². The maximum Gasteiger partial charge on any atom is 0.273 e. The summed E-state index contributed by atoms with van der Waals surface area (Å²) < 4.78 is 0. The van der Waals surface area contributed by atoms with Gasteiger partial charge in [0.05, 0.1) is 11.5 Å². The van der Waals surface area contributed by atoms with E-state index in [1.165, 1.54) is 23.8 Å². The molecule has 140 valence electrons. The van der Waals surface area contributed by atoms with Crippen LogP contribution in [0, 0.1) is 17.0 Å². The Bertz CT molecular complexity index is 908. The van der Waals surface area contributed by atoms with Crippen molar-refractivity contribution in [1.29, 1.82) is 0 Å². The summed E-state index contributed by atoms with van der Waals surface area (Å²) in [6, 6.07) is 10.1. The lowest BCUT2D eigenvalue weighted by atomic mass is 9.90. The van der Waals surface area contributed by atoms with E-state index in [4.69, 9.17) is 0 Å². The van der Waals surface area contributed by atoms with Crippen molar-refractivity contribution in [2.45, 2.75) is 32.6 Å². The summed E-state index contributed by atoms with van der Waals surface area (Å²) in [5, 5.41) is 16.4. The van der Waals surface area contributed by atoms with Gasteiger partial charge < -0.3 is 10.6 Å². The number of carbonyl (C=O) groups excluding carboxylic acids is 2. The van der Waals surface area contributed by atoms with Crippen molar-refractivity contribution in [3.8, 4) is 0 Å². The van der Waals surface area contributed by atoms with Gasteiger partial charge in [-0.3, -0.25) is 19.7 Å². The average molecular weight is 367 g/mol. The highest BCUT2D eigenvalue weighted by Gasteiger charge is 2.17. The van der Waals surface area contributed by atoms with Crippen molar-refractivity contribution in [2.75, 3.05) is 11.9 Å². The second-order valence-corrected chi connectivity index (χ2v) is 6.64. The molecule has 0 heterocycles. The zero-order chi connectivity index (χ0) is 19.4. The zero-order valence-corrected chi connectivity index (χ0v) is 15.1. The standard InChI is InChI=1S/C20H21N3O4/c1-13-9-10-15(11-18(13)23(26)27)20(25)21-12-19(24)22-17-8-4-6-14-5-2-3-7-16(14)17/h4,6,8-11H,2-3,5,7,12H2,1H3,(H,21,25)(H,22,24). The molecule has 0 unspecified atom stereocenters. The largest absolute Gasteiger partial charge is 0.343 e. The summed E-state index contributed by atoms with van der Waals surface area (Å²) in [7, 11) is 0. The lowest BCUT2D eigenvalue weighted by molar-refractivity contribution is -0.385. The van der Waals surface area contributed by atoms with E-state index >= 15 is 0 Å². The Morgan fingerprint density at radius 2 is 1.93 bits per heavy atom. The monoisotopic (exact) mass is 367 g/mol. The summed E-state index contributed by atoms with van der Waals surface area (Å²) >= 11 is 0. The van der Waals surface area contributed by atoms with Gasteiger partial charge in [0, 0.05) is 22.9 Å². The van der Waals surface area contributed by atoms with Crippen LogP contribution in [-0.4, -0.2) is 23.3 Å². The number of carbonyl (C=O) groups is 2. The Kier molecular flexibility index (Phi) is 5.49. The van der Waals surface area contributed by atoms with Crippen LogP contribution in [0.3, 0.4) is 0 Å². The third-order valence-electron chi connectivity index (χ3n) is 4.75. The molecule has 2 aromatic carbocycles. The molecular formula is C20H21N3O4. The molecule has 0 saturated heterocycles. The number of amides is 2. The molecule has 0 radical (unpaired) electrons. The van der Waals surface area contributed by atoms with Crippen LogP contribution >= 0.6 is 0 Å². The van der Waals surface area contributed by atoms with Crippen molar-refractivity contribution in [3.63, 3.8) is 0 Å². The fraction of sp³-hybridized carbons (Fsp3) is 0.300. The molecule has 0 saturated carbocycles. The zero-order valence-electron chi connectivity index (χ0n) is 15.1. The highest BCUT2D eigenvalue weighted by Crippen LogP contribution is 2.27. The molecule has 7 heteroatoms. The number of aryl methyl sites for hydroxylation is 2. The predicted molar refractivity (Wildman–Crippen MR) is 102 cm³/mol. The van der Waals surface area contributed by atoms with Gasteiger partial charge in [0.1, 0.15) is 0 Å². The average Bonchev–Trinajstić information content (AvgIpc) is 2.66. The predicted octanol–water partition coefficient (Wildman–Crippen LogP) is 3.15. The SMILES string of the molecule is Cc1ccc(C(=O)NCC(=O)Nc2cccc3c2CCCC3)cc1[N+](=O)[O-]. The van der Waals surface area contributed by atoms with Crippen LogP contribution in [0.25, 0.3) is 0 Å². The van der Waals surface area contributed by atoms with Crippen LogP contribution in [0.5, 0.6) is 0 Å². The topological polar surface area (TPSA) is 101 Å². The normalized spacial score (nSPS) is 12.8. The molecular weight excluding hydrogens is 346 g/mol. The second kappa shape index (κ2) is 7.99. The van der Waals surface area contributed by atoms with Crippen molar-refractivity contribution in [2.24, 2.45) is 0 Å². The second-order valence-electron chi connectivity index (χ2n) is 6.64. The molecule has 0 bridgehead atoms. The number of nitrogens with zero attached hydrogens (tertiary/aromatic N) is 1. The molecule has 0 atom stereocenters. The fourth-order valence-electron chi connectivity index (χ4n) is 3.30. The van der Waals surface area contributed by atoms with Gasteiger partial charge in [-0.05, 0) is 55.9 Å². The Labute approximate surface area is 156 Å². The van der Waals surface area contributed by atoms with E-state index in [-0.39, 0.29) is 23.7 Å². The molecule has 0 spiro atoms. The number of benzene rings is 2. The molecule has 0 aliphatic heterocycles. The fourth-order valence-corrected chi connectivity index (χ4v) is 3.30. The van der Waals surface area contributed by atoms with E-state index in [0.717, 1.165) is 36.9 Å². The minimum atomic E-state index is -0.530. The van der Waals surface area contributed by atoms with Gasteiger partial charge in [-0.25, -0.2) is 0 Å².